The van der Waals surface area contributed by atoms with E-state index in [1.165, 1.54) is 11.8 Å². The molecule has 2 unspecified atom stereocenters. The summed E-state index contributed by atoms with van der Waals surface area (Å²) in [5.41, 5.74) is 5.43. The highest BCUT2D eigenvalue weighted by molar-refractivity contribution is 8.76. The minimum Gasteiger partial charge on any atom is -0.393 e. The van der Waals surface area contributed by atoms with E-state index >= 15 is 0 Å². The number of carbonyl (C=O) groups is 3. The first kappa shape index (κ1) is 54.0. The topological polar surface area (TPSA) is 261 Å². The minimum atomic E-state index is -3.14. The number of amides is 3. The smallest absolute Gasteiger partial charge is 0.221 e. The largest absolute Gasteiger partial charge is 0.393 e. The van der Waals surface area contributed by atoms with Crippen LogP contribution in [0.25, 0.3) is 0 Å². The second-order valence-electron chi connectivity index (χ2n) is 13.4. The van der Waals surface area contributed by atoms with Crippen LogP contribution < -0.4 is 58.9 Å². The molecular weight excluding hydrogens is 815 g/mol. The van der Waals surface area contributed by atoms with E-state index in [4.69, 9.17) is 10.5 Å². The SMILES string of the molecule is NCCNCCNCCNCCC(=O)NCCSSCCNC(=O)CCNCCNCCNCCNCCS(=O)(=O)CCSCCC(=O)NCCOCC1CC1O. The fraction of sp³-hybridized carbons (Fsp3) is 0.914. The lowest BCUT2D eigenvalue weighted by molar-refractivity contribution is -0.121. The number of hydrogen-bond donors (Lipinski definition) is 12. The molecule has 1 saturated carbocycles. The van der Waals surface area contributed by atoms with Crippen LogP contribution in [0.1, 0.15) is 25.7 Å². The Labute approximate surface area is 354 Å². The van der Waals surface area contributed by atoms with Gasteiger partial charge in [-0.05, 0) is 6.42 Å². The van der Waals surface area contributed by atoms with Crippen LogP contribution in [-0.2, 0) is 29.0 Å². The molecule has 1 aliphatic rings. The van der Waals surface area contributed by atoms with Gasteiger partial charge >= 0.3 is 0 Å². The highest BCUT2D eigenvalue weighted by Gasteiger charge is 2.34. The Balaban J connectivity index is 1.75. The van der Waals surface area contributed by atoms with Gasteiger partial charge in [-0.2, -0.15) is 11.8 Å². The molecule has 0 aromatic rings. The molecule has 13 N–H and O–H groups in total. The lowest BCUT2D eigenvalue weighted by Gasteiger charge is -2.09. The van der Waals surface area contributed by atoms with Crippen molar-refractivity contribution in [1.82, 2.24) is 53.2 Å². The van der Waals surface area contributed by atoms with Crippen LogP contribution in [0.2, 0.25) is 0 Å². The Morgan fingerprint density at radius 1 is 0.561 bits per heavy atom. The molecule has 0 spiro atoms. The number of ether oxygens (including phenoxy) is 1. The van der Waals surface area contributed by atoms with Crippen LogP contribution in [0, 0.1) is 5.92 Å². The maximum atomic E-state index is 12.3. The third kappa shape index (κ3) is 38.9. The summed E-state index contributed by atoms with van der Waals surface area (Å²) in [4.78, 5) is 35.8. The predicted octanol–water partition coefficient (Wildman–Crippen LogP) is -3.48. The molecule has 2 atom stereocenters. The summed E-state index contributed by atoms with van der Waals surface area (Å²) in [5.74, 6) is 3.13. The Morgan fingerprint density at radius 3 is 1.49 bits per heavy atom. The molecule has 0 bridgehead atoms. The summed E-state index contributed by atoms with van der Waals surface area (Å²) < 4.78 is 30.0. The van der Waals surface area contributed by atoms with Gasteiger partial charge in [-0.3, -0.25) is 14.4 Å². The first-order chi connectivity index (χ1) is 27.7. The van der Waals surface area contributed by atoms with Crippen molar-refractivity contribution in [3.05, 3.63) is 0 Å². The van der Waals surface area contributed by atoms with Crippen molar-refractivity contribution < 1.29 is 32.6 Å². The highest BCUT2D eigenvalue weighted by Crippen LogP contribution is 2.29. The fourth-order valence-corrected chi connectivity index (χ4v) is 9.30. The van der Waals surface area contributed by atoms with Crippen molar-refractivity contribution in [1.29, 1.82) is 0 Å². The quantitative estimate of drug-likeness (QED) is 0.0210. The van der Waals surface area contributed by atoms with Crippen LogP contribution in [0.4, 0.5) is 0 Å². The van der Waals surface area contributed by atoms with E-state index in [0.29, 0.717) is 96.3 Å². The van der Waals surface area contributed by atoms with Gasteiger partial charge in [0.2, 0.25) is 17.7 Å². The van der Waals surface area contributed by atoms with Gasteiger partial charge < -0.3 is 68.7 Å². The lowest BCUT2D eigenvalue weighted by atomic mass is 10.4. The van der Waals surface area contributed by atoms with E-state index in [2.05, 4.69) is 53.2 Å². The fourth-order valence-electron chi connectivity index (χ4n) is 4.80. The number of nitrogens with one attached hydrogen (secondary N) is 10. The van der Waals surface area contributed by atoms with Crippen LogP contribution in [0.3, 0.4) is 0 Å². The summed E-state index contributed by atoms with van der Waals surface area (Å²) in [6.07, 6.45) is 1.80. The molecule has 1 aliphatic carbocycles. The summed E-state index contributed by atoms with van der Waals surface area (Å²) in [6.45, 7) is 13.9. The van der Waals surface area contributed by atoms with E-state index in [1.54, 1.807) is 21.6 Å². The van der Waals surface area contributed by atoms with E-state index in [-0.39, 0.29) is 41.2 Å². The molecule has 1 fully saturated rings. The summed E-state index contributed by atoms with van der Waals surface area (Å²) in [6, 6.07) is 0. The second-order valence-corrected chi connectivity index (χ2v) is 19.6. The number of aliphatic hydroxyl groups is 1. The number of sulfone groups is 1. The molecule has 0 radical (unpaired) electrons. The monoisotopic (exact) mass is 889 g/mol. The number of hydrogen-bond acceptors (Lipinski definition) is 18. The van der Waals surface area contributed by atoms with Crippen LogP contribution in [-0.4, -0.2) is 203 Å². The van der Waals surface area contributed by atoms with E-state index in [1.807, 2.05) is 0 Å². The average molecular weight is 890 g/mol. The third-order valence-electron chi connectivity index (χ3n) is 8.26. The Morgan fingerprint density at radius 2 is 1.00 bits per heavy atom. The first-order valence-electron chi connectivity index (χ1n) is 20.5. The molecule has 0 heterocycles. The van der Waals surface area contributed by atoms with Gasteiger partial charge in [-0.25, -0.2) is 8.42 Å². The van der Waals surface area contributed by atoms with Gasteiger partial charge in [0.1, 0.15) is 0 Å². The predicted molar refractivity (Wildman–Crippen MR) is 238 cm³/mol. The Bertz CT molecular complexity index is 1110. The van der Waals surface area contributed by atoms with E-state index < -0.39 is 9.84 Å². The standard InChI is InChI=1S/C35H75N11O7S4/c36-4-7-39-10-13-40-11-8-37-5-1-33(48)45-19-24-55-56-25-20-46-34(49)2-6-38-9-12-41-14-15-42-16-17-43-21-27-57(51,52)28-26-54-23-3-35(50)44-18-22-53-30-31-29-32(31)47/h31-32,37-43,47H,1-30,36H2,(H,44,50)(H,45,48)(H,46,49). The van der Waals surface area contributed by atoms with Crippen molar-refractivity contribution in [2.45, 2.75) is 31.8 Å². The van der Waals surface area contributed by atoms with Gasteiger partial charge in [0, 0.05) is 166 Å². The van der Waals surface area contributed by atoms with Gasteiger partial charge in [-0.15, -0.1) is 0 Å². The first-order valence-corrected chi connectivity index (χ1v) is 25.9. The van der Waals surface area contributed by atoms with Crippen molar-refractivity contribution >= 4 is 60.9 Å². The molecule has 0 saturated heterocycles. The van der Waals surface area contributed by atoms with Crippen molar-refractivity contribution in [3.8, 4) is 0 Å². The molecule has 18 nitrogen and oxygen atoms in total. The van der Waals surface area contributed by atoms with Crippen LogP contribution >= 0.6 is 33.3 Å². The summed E-state index contributed by atoms with van der Waals surface area (Å²) in [7, 11) is 0.241. The molecule has 0 aromatic heterocycles. The molecule has 1 rings (SSSR count). The van der Waals surface area contributed by atoms with Gasteiger partial charge in [-0.1, -0.05) is 21.6 Å². The number of nitrogens with two attached hydrogens (primary N) is 1. The number of thioether (sulfide) groups is 1. The van der Waals surface area contributed by atoms with Gasteiger partial charge in [0.05, 0.1) is 30.8 Å². The van der Waals surface area contributed by atoms with Gasteiger partial charge in [0.15, 0.2) is 9.84 Å². The number of aliphatic hydroxyl groups excluding tert-OH is 1. The Hall–Kier alpha value is -0.990. The molecule has 0 aliphatic heterocycles. The minimum absolute atomic E-state index is 0.0330. The second kappa shape index (κ2) is 39.2. The molecular formula is C35H75N11O7S4. The highest BCUT2D eigenvalue weighted by atomic mass is 33.1. The molecule has 336 valence electrons. The number of rotatable bonds is 44. The summed E-state index contributed by atoms with van der Waals surface area (Å²) in [5, 5.41) is 40.8. The van der Waals surface area contributed by atoms with Crippen LogP contribution in [0.5, 0.6) is 0 Å². The maximum absolute atomic E-state index is 12.3. The normalized spacial score (nSPS) is 15.1. The molecule has 57 heavy (non-hydrogen) atoms. The zero-order valence-corrected chi connectivity index (χ0v) is 37.2. The average Bonchev–Trinajstić information content (AvgIpc) is 3.90. The Kier molecular flexibility index (Phi) is 37.1. The molecule has 3 amide bonds. The zero-order chi connectivity index (χ0) is 41.5. The lowest BCUT2D eigenvalue weighted by Crippen LogP contribution is -2.36. The van der Waals surface area contributed by atoms with E-state index in [0.717, 1.165) is 83.4 Å². The van der Waals surface area contributed by atoms with Crippen molar-refractivity contribution in [3.63, 3.8) is 0 Å². The zero-order valence-electron chi connectivity index (χ0n) is 34.0. The van der Waals surface area contributed by atoms with Crippen molar-refractivity contribution in [2.75, 3.05) is 166 Å². The maximum Gasteiger partial charge on any atom is 0.221 e. The summed E-state index contributed by atoms with van der Waals surface area (Å²) >= 11 is 1.47. The van der Waals surface area contributed by atoms with Crippen LogP contribution in [0.15, 0.2) is 0 Å². The molecule has 0 aromatic carbocycles. The molecule has 22 heteroatoms. The van der Waals surface area contributed by atoms with E-state index in [9.17, 15) is 27.9 Å². The third-order valence-corrected chi connectivity index (χ3v) is 13.6. The van der Waals surface area contributed by atoms with Gasteiger partial charge in [0.25, 0.3) is 0 Å². The number of carbonyl (C=O) groups excluding carboxylic acids is 3. The van der Waals surface area contributed by atoms with Crippen molar-refractivity contribution in [2.24, 2.45) is 11.7 Å².